The van der Waals surface area contributed by atoms with E-state index in [1.807, 2.05) is 6.07 Å². The molecule has 2 fully saturated rings. The van der Waals surface area contributed by atoms with E-state index in [9.17, 15) is 10.1 Å². The minimum absolute atomic E-state index is 0.125. The Morgan fingerprint density at radius 1 is 1.29 bits per heavy atom. The highest BCUT2D eigenvalue weighted by Crippen LogP contribution is 2.25. The van der Waals surface area contributed by atoms with Crippen molar-refractivity contribution in [3.8, 4) is 6.07 Å². The van der Waals surface area contributed by atoms with Gasteiger partial charge < -0.3 is 10.2 Å². The second-order valence-electron chi connectivity index (χ2n) is 5.41. The summed E-state index contributed by atoms with van der Waals surface area (Å²) in [5.74, 6) is 0. The number of nitriles is 1. The van der Waals surface area contributed by atoms with Gasteiger partial charge in [0.25, 0.3) is 5.69 Å². The molecule has 0 amide bonds. The average molecular weight is 287 g/mol. The van der Waals surface area contributed by atoms with Gasteiger partial charge in [0.05, 0.1) is 4.92 Å². The van der Waals surface area contributed by atoms with Gasteiger partial charge in [0, 0.05) is 57.1 Å². The number of anilines is 1. The lowest BCUT2D eigenvalue weighted by Gasteiger charge is -2.43. The van der Waals surface area contributed by atoms with Crippen LogP contribution in [0.15, 0.2) is 18.2 Å². The number of nitro groups is 1. The minimum Gasteiger partial charge on any atom is -0.369 e. The zero-order valence-corrected chi connectivity index (χ0v) is 11.7. The quantitative estimate of drug-likeness (QED) is 0.646. The molecule has 21 heavy (non-hydrogen) atoms. The Morgan fingerprint density at radius 3 is 2.52 bits per heavy atom. The summed E-state index contributed by atoms with van der Waals surface area (Å²) in [6.07, 6.45) is 0. The fourth-order valence-electron chi connectivity index (χ4n) is 2.85. The number of rotatable bonds is 3. The molecule has 0 aliphatic carbocycles. The Balaban J connectivity index is 1.70. The van der Waals surface area contributed by atoms with Crippen molar-refractivity contribution in [2.24, 2.45) is 0 Å². The first-order chi connectivity index (χ1) is 10.2. The number of nitrogens with one attached hydrogen (secondary N) is 1. The lowest BCUT2D eigenvalue weighted by atomic mass is 10.1. The molecule has 0 unspecified atom stereocenters. The summed E-state index contributed by atoms with van der Waals surface area (Å²) in [5.41, 5.74) is 0.895. The molecule has 2 heterocycles. The number of hydrogen-bond acceptors (Lipinski definition) is 6. The molecule has 0 saturated carbocycles. The van der Waals surface area contributed by atoms with Gasteiger partial charge in [-0.25, -0.2) is 0 Å². The van der Waals surface area contributed by atoms with Crippen LogP contribution in [0.2, 0.25) is 0 Å². The normalized spacial score (nSPS) is 19.9. The van der Waals surface area contributed by atoms with Crippen LogP contribution in [0.1, 0.15) is 5.56 Å². The second-order valence-corrected chi connectivity index (χ2v) is 5.41. The van der Waals surface area contributed by atoms with E-state index in [0.29, 0.717) is 6.04 Å². The predicted octanol–water partition coefficient (Wildman–Crippen LogP) is 0.560. The topological polar surface area (TPSA) is 85.4 Å². The van der Waals surface area contributed by atoms with Gasteiger partial charge in [-0.15, -0.1) is 0 Å². The number of hydrogen-bond donors (Lipinski definition) is 1. The molecule has 7 nitrogen and oxygen atoms in total. The van der Waals surface area contributed by atoms with Crippen LogP contribution in [-0.2, 0) is 0 Å². The van der Waals surface area contributed by atoms with Crippen LogP contribution in [-0.4, -0.2) is 55.1 Å². The van der Waals surface area contributed by atoms with Crippen molar-refractivity contribution in [2.75, 3.05) is 44.2 Å². The summed E-state index contributed by atoms with van der Waals surface area (Å²) in [7, 11) is 0. The Kier molecular flexibility index (Phi) is 3.73. The monoisotopic (exact) mass is 287 g/mol. The van der Waals surface area contributed by atoms with E-state index >= 15 is 0 Å². The van der Waals surface area contributed by atoms with Crippen LogP contribution in [0, 0.1) is 21.4 Å². The molecule has 0 atom stereocenters. The zero-order chi connectivity index (χ0) is 14.8. The first-order valence-corrected chi connectivity index (χ1v) is 7.07. The van der Waals surface area contributed by atoms with Crippen molar-refractivity contribution in [1.29, 1.82) is 5.26 Å². The number of nitro benzene ring substituents is 1. The molecule has 0 bridgehead atoms. The van der Waals surface area contributed by atoms with E-state index in [1.165, 1.54) is 6.07 Å². The van der Waals surface area contributed by atoms with Gasteiger partial charge in [-0.2, -0.15) is 5.26 Å². The first-order valence-electron chi connectivity index (χ1n) is 7.07. The van der Waals surface area contributed by atoms with Crippen LogP contribution >= 0.6 is 0 Å². The molecule has 110 valence electrons. The standard InChI is InChI=1S/C14H17N5O2/c15-8-11-7-12(1-2-14(11)19(20)21)17-3-5-18(6-4-17)13-9-16-10-13/h1-2,7,13,16H,3-6,9-10H2. The van der Waals surface area contributed by atoms with Gasteiger partial charge in [0.2, 0.25) is 0 Å². The maximum atomic E-state index is 10.9. The van der Waals surface area contributed by atoms with E-state index in [1.54, 1.807) is 12.1 Å². The zero-order valence-electron chi connectivity index (χ0n) is 11.7. The molecular weight excluding hydrogens is 270 g/mol. The van der Waals surface area contributed by atoms with Crippen molar-refractivity contribution in [1.82, 2.24) is 10.2 Å². The maximum absolute atomic E-state index is 10.9. The fraction of sp³-hybridized carbons (Fsp3) is 0.500. The Morgan fingerprint density at radius 2 is 2.00 bits per heavy atom. The van der Waals surface area contributed by atoms with Crippen LogP contribution in [0.5, 0.6) is 0 Å². The van der Waals surface area contributed by atoms with Crippen molar-refractivity contribution in [3.05, 3.63) is 33.9 Å². The molecule has 2 aliphatic heterocycles. The van der Waals surface area contributed by atoms with Gasteiger partial charge in [-0.1, -0.05) is 0 Å². The largest absolute Gasteiger partial charge is 0.369 e. The fourth-order valence-corrected chi connectivity index (χ4v) is 2.85. The highest BCUT2D eigenvalue weighted by atomic mass is 16.6. The lowest BCUT2D eigenvalue weighted by Crippen LogP contribution is -2.61. The average Bonchev–Trinajstić information content (AvgIpc) is 2.45. The van der Waals surface area contributed by atoms with Gasteiger partial charge in [0.15, 0.2) is 0 Å². The third-order valence-electron chi connectivity index (χ3n) is 4.25. The highest BCUT2D eigenvalue weighted by Gasteiger charge is 2.28. The van der Waals surface area contributed by atoms with Gasteiger partial charge in [-0.05, 0) is 12.1 Å². The smallest absolute Gasteiger partial charge is 0.287 e. The van der Waals surface area contributed by atoms with E-state index in [4.69, 9.17) is 5.26 Å². The number of nitrogens with zero attached hydrogens (tertiary/aromatic N) is 4. The summed E-state index contributed by atoms with van der Waals surface area (Å²) in [5, 5.41) is 23.2. The van der Waals surface area contributed by atoms with Crippen LogP contribution in [0.25, 0.3) is 0 Å². The molecule has 3 rings (SSSR count). The molecule has 2 aliphatic rings. The van der Waals surface area contributed by atoms with Crippen LogP contribution in [0.4, 0.5) is 11.4 Å². The van der Waals surface area contributed by atoms with Gasteiger partial charge in [0.1, 0.15) is 11.6 Å². The highest BCUT2D eigenvalue weighted by molar-refractivity contribution is 5.60. The van der Waals surface area contributed by atoms with Crippen molar-refractivity contribution >= 4 is 11.4 Å². The molecule has 1 aromatic carbocycles. The molecular formula is C14H17N5O2. The summed E-state index contributed by atoms with van der Waals surface area (Å²) >= 11 is 0. The Labute approximate surface area is 122 Å². The predicted molar refractivity (Wildman–Crippen MR) is 78.3 cm³/mol. The first kappa shape index (κ1) is 13.8. The summed E-state index contributed by atoms with van der Waals surface area (Å²) in [6.45, 7) is 5.89. The SMILES string of the molecule is N#Cc1cc(N2CCN(C3CNC3)CC2)ccc1[N+](=O)[O-]. The van der Waals surface area contributed by atoms with E-state index in [2.05, 4.69) is 15.1 Å². The van der Waals surface area contributed by atoms with Crippen molar-refractivity contribution < 1.29 is 4.92 Å². The molecule has 7 heteroatoms. The third kappa shape index (κ3) is 2.68. The van der Waals surface area contributed by atoms with E-state index < -0.39 is 4.92 Å². The molecule has 0 radical (unpaired) electrons. The Bertz CT molecular complexity index is 586. The summed E-state index contributed by atoms with van der Waals surface area (Å²) in [4.78, 5) is 15.0. The molecule has 0 aromatic heterocycles. The van der Waals surface area contributed by atoms with Crippen molar-refractivity contribution in [2.45, 2.75) is 6.04 Å². The molecule has 1 aromatic rings. The summed E-state index contributed by atoms with van der Waals surface area (Å²) < 4.78 is 0. The third-order valence-corrected chi connectivity index (χ3v) is 4.25. The molecule has 1 N–H and O–H groups in total. The van der Waals surface area contributed by atoms with Gasteiger partial charge >= 0.3 is 0 Å². The summed E-state index contributed by atoms with van der Waals surface area (Å²) in [6, 6.07) is 7.35. The second kappa shape index (κ2) is 5.68. The lowest BCUT2D eigenvalue weighted by molar-refractivity contribution is -0.385. The molecule has 2 saturated heterocycles. The maximum Gasteiger partial charge on any atom is 0.287 e. The van der Waals surface area contributed by atoms with Crippen LogP contribution < -0.4 is 10.2 Å². The minimum atomic E-state index is -0.510. The number of piperazine rings is 1. The van der Waals surface area contributed by atoms with Crippen LogP contribution in [0.3, 0.4) is 0 Å². The number of benzene rings is 1. The van der Waals surface area contributed by atoms with E-state index in [0.717, 1.165) is 45.0 Å². The van der Waals surface area contributed by atoms with Crippen molar-refractivity contribution in [3.63, 3.8) is 0 Å². The van der Waals surface area contributed by atoms with Gasteiger partial charge in [-0.3, -0.25) is 15.0 Å². The molecule has 0 spiro atoms. The Hall–Kier alpha value is -2.17. The van der Waals surface area contributed by atoms with E-state index in [-0.39, 0.29) is 11.3 Å².